The fourth-order valence-electron chi connectivity index (χ4n) is 2.03. The molecule has 23 heavy (non-hydrogen) atoms. The molecule has 0 radical (unpaired) electrons. The number of hydrogen-bond acceptors (Lipinski definition) is 3. The summed E-state index contributed by atoms with van der Waals surface area (Å²) in [5.74, 6) is 1.30. The first-order valence-electron chi connectivity index (χ1n) is 7.25. The molecule has 122 valence electrons. The molecule has 0 aliphatic rings. The van der Waals surface area contributed by atoms with Gasteiger partial charge in [-0.15, -0.1) is 0 Å². The van der Waals surface area contributed by atoms with Crippen LogP contribution in [0.2, 0.25) is 0 Å². The summed E-state index contributed by atoms with van der Waals surface area (Å²) in [6, 6.07) is 16.7. The first kappa shape index (κ1) is 17.6. The van der Waals surface area contributed by atoms with E-state index >= 15 is 0 Å². The summed E-state index contributed by atoms with van der Waals surface area (Å²) in [5.41, 5.74) is 1.93. The van der Waals surface area contributed by atoms with E-state index in [1.807, 2.05) is 60.9 Å². The van der Waals surface area contributed by atoms with Crippen LogP contribution in [-0.4, -0.2) is 28.8 Å². The third kappa shape index (κ3) is 6.08. The summed E-state index contributed by atoms with van der Waals surface area (Å²) in [5, 5.41) is 5.53. The molecule has 2 aromatic carbocycles. The van der Waals surface area contributed by atoms with Gasteiger partial charge >= 0.3 is 6.03 Å². The minimum Gasteiger partial charge on any atom is -0.337 e. The lowest BCUT2D eigenvalue weighted by Crippen LogP contribution is -2.31. The van der Waals surface area contributed by atoms with Crippen LogP contribution in [0, 0.1) is 0 Å². The van der Waals surface area contributed by atoms with Crippen LogP contribution in [0.15, 0.2) is 59.5 Å². The number of hydrogen-bond donors (Lipinski definition) is 2. The van der Waals surface area contributed by atoms with Gasteiger partial charge in [0, 0.05) is 28.6 Å². The third-order valence-corrected chi connectivity index (χ3v) is 5.07. The van der Waals surface area contributed by atoms with Gasteiger partial charge in [0.05, 0.1) is 10.8 Å². The van der Waals surface area contributed by atoms with E-state index in [1.54, 1.807) is 11.8 Å². The summed E-state index contributed by atoms with van der Waals surface area (Å²) in [7, 11) is -1.10. The van der Waals surface area contributed by atoms with Crippen molar-refractivity contribution in [3.63, 3.8) is 0 Å². The maximum atomic E-state index is 12.0. The smallest absolute Gasteiger partial charge is 0.319 e. The highest BCUT2D eigenvalue weighted by atomic mass is 32.2. The van der Waals surface area contributed by atoms with Crippen LogP contribution in [-0.2, 0) is 16.6 Å². The fraction of sp³-hybridized carbons (Fsp3) is 0.235. The molecule has 2 aromatic rings. The van der Waals surface area contributed by atoms with Gasteiger partial charge in [-0.2, -0.15) is 11.8 Å². The molecule has 0 bridgehead atoms. The lowest BCUT2D eigenvalue weighted by molar-refractivity contribution is 0.252. The fourth-order valence-corrected chi connectivity index (χ4v) is 3.52. The number of thioether (sulfide) groups is 1. The first-order chi connectivity index (χ1) is 11.2. The maximum absolute atomic E-state index is 12.0. The molecule has 0 fully saturated rings. The van der Waals surface area contributed by atoms with E-state index in [2.05, 4.69) is 10.6 Å². The Kier molecular flexibility index (Phi) is 7.16. The van der Waals surface area contributed by atoms with Crippen molar-refractivity contribution >= 4 is 34.3 Å². The molecule has 0 heterocycles. The standard InChI is InChI=1S/C17H20N2O2S2/c1-22-13-14-6-5-7-15(12-14)19-17(20)18-10-11-23(21)16-8-3-2-4-9-16/h2-9,12H,10-11,13H2,1H3,(H2,18,19,20). The molecule has 2 amide bonds. The zero-order chi connectivity index (χ0) is 16.5. The van der Waals surface area contributed by atoms with Crippen molar-refractivity contribution in [3.05, 3.63) is 60.2 Å². The normalized spacial score (nSPS) is 11.7. The minimum atomic E-state index is -1.10. The number of anilines is 1. The predicted molar refractivity (Wildman–Crippen MR) is 98.4 cm³/mol. The van der Waals surface area contributed by atoms with Crippen molar-refractivity contribution in [1.82, 2.24) is 5.32 Å². The zero-order valence-corrected chi connectivity index (χ0v) is 14.6. The summed E-state index contributed by atoms with van der Waals surface area (Å²) >= 11 is 1.74. The van der Waals surface area contributed by atoms with Crippen LogP contribution < -0.4 is 10.6 Å². The van der Waals surface area contributed by atoms with Gasteiger partial charge in [0.2, 0.25) is 0 Å². The molecular weight excluding hydrogens is 328 g/mol. The summed E-state index contributed by atoms with van der Waals surface area (Å²) < 4.78 is 12.0. The molecule has 1 atom stereocenters. The molecule has 0 aromatic heterocycles. The highest BCUT2D eigenvalue weighted by molar-refractivity contribution is 7.97. The van der Waals surface area contributed by atoms with Crippen LogP contribution in [0.25, 0.3) is 0 Å². The Balaban J connectivity index is 1.77. The van der Waals surface area contributed by atoms with Crippen molar-refractivity contribution in [3.8, 4) is 0 Å². The number of amides is 2. The van der Waals surface area contributed by atoms with Gasteiger partial charge in [-0.25, -0.2) is 4.79 Å². The van der Waals surface area contributed by atoms with Crippen molar-refractivity contribution in [2.24, 2.45) is 0 Å². The van der Waals surface area contributed by atoms with E-state index in [-0.39, 0.29) is 6.03 Å². The van der Waals surface area contributed by atoms with Crippen molar-refractivity contribution in [1.29, 1.82) is 0 Å². The quantitative estimate of drug-likeness (QED) is 0.805. The average Bonchev–Trinajstić information content (AvgIpc) is 2.56. The largest absolute Gasteiger partial charge is 0.337 e. The SMILES string of the molecule is CSCc1cccc(NC(=O)NCCS(=O)c2ccccc2)c1. The molecule has 0 saturated heterocycles. The molecule has 2 rings (SSSR count). The maximum Gasteiger partial charge on any atom is 0.319 e. The Labute approximate surface area is 143 Å². The number of nitrogens with one attached hydrogen (secondary N) is 2. The average molecular weight is 348 g/mol. The molecule has 4 nitrogen and oxygen atoms in total. The molecular formula is C17H20N2O2S2. The van der Waals surface area contributed by atoms with E-state index in [1.165, 1.54) is 5.56 Å². The Morgan fingerprint density at radius 3 is 2.65 bits per heavy atom. The molecule has 0 aliphatic carbocycles. The molecule has 0 saturated carbocycles. The molecule has 0 spiro atoms. The monoisotopic (exact) mass is 348 g/mol. The van der Waals surface area contributed by atoms with E-state index in [0.29, 0.717) is 12.3 Å². The molecule has 1 unspecified atom stereocenters. The van der Waals surface area contributed by atoms with Gasteiger partial charge in [0.25, 0.3) is 0 Å². The van der Waals surface area contributed by atoms with Crippen molar-refractivity contribution in [2.75, 3.05) is 23.9 Å². The number of benzene rings is 2. The van der Waals surface area contributed by atoms with Gasteiger partial charge in [0.15, 0.2) is 0 Å². The Bertz CT molecular complexity index is 663. The van der Waals surface area contributed by atoms with E-state index in [9.17, 15) is 9.00 Å². The van der Waals surface area contributed by atoms with Gasteiger partial charge < -0.3 is 10.6 Å². The second-order valence-electron chi connectivity index (χ2n) is 4.88. The van der Waals surface area contributed by atoms with Crippen LogP contribution >= 0.6 is 11.8 Å². The predicted octanol–water partition coefficient (Wildman–Crippen LogP) is 3.48. The number of carbonyl (C=O) groups is 1. The highest BCUT2D eigenvalue weighted by Crippen LogP contribution is 2.14. The van der Waals surface area contributed by atoms with Crippen molar-refractivity contribution in [2.45, 2.75) is 10.6 Å². The number of carbonyl (C=O) groups excluding carboxylic acids is 1. The van der Waals surface area contributed by atoms with Gasteiger partial charge in [0.1, 0.15) is 0 Å². The third-order valence-electron chi connectivity index (χ3n) is 3.07. The van der Waals surface area contributed by atoms with Gasteiger partial charge in [-0.05, 0) is 36.1 Å². The molecule has 6 heteroatoms. The lowest BCUT2D eigenvalue weighted by atomic mass is 10.2. The molecule has 2 N–H and O–H groups in total. The molecule has 0 aliphatic heterocycles. The van der Waals surface area contributed by atoms with Gasteiger partial charge in [-0.3, -0.25) is 4.21 Å². The van der Waals surface area contributed by atoms with Crippen LogP contribution in [0.4, 0.5) is 10.5 Å². The lowest BCUT2D eigenvalue weighted by Gasteiger charge is -2.09. The van der Waals surface area contributed by atoms with E-state index < -0.39 is 10.8 Å². The Morgan fingerprint density at radius 1 is 1.13 bits per heavy atom. The van der Waals surface area contributed by atoms with Crippen LogP contribution in [0.5, 0.6) is 0 Å². The van der Waals surface area contributed by atoms with Crippen molar-refractivity contribution < 1.29 is 9.00 Å². The van der Waals surface area contributed by atoms with Gasteiger partial charge in [-0.1, -0.05) is 30.3 Å². The minimum absolute atomic E-state index is 0.281. The Hall–Kier alpha value is -1.79. The summed E-state index contributed by atoms with van der Waals surface area (Å²) in [4.78, 5) is 12.7. The van der Waals surface area contributed by atoms with Crippen LogP contribution in [0.1, 0.15) is 5.56 Å². The topological polar surface area (TPSA) is 58.2 Å². The second kappa shape index (κ2) is 9.37. The second-order valence-corrected chi connectivity index (χ2v) is 7.31. The summed E-state index contributed by atoms with van der Waals surface area (Å²) in [6.45, 7) is 0.359. The zero-order valence-electron chi connectivity index (χ0n) is 13.0. The summed E-state index contributed by atoms with van der Waals surface area (Å²) in [6.07, 6.45) is 2.04. The van der Waals surface area contributed by atoms with E-state index in [4.69, 9.17) is 0 Å². The highest BCUT2D eigenvalue weighted by Gasteiger charge is 2.05. The van der Waals surface area contributed by atoms with Crippen LogP contribution in [0.3, 0.4) is 0 Å². The Morgan fingerprint density at radius 2 is 1.91 bits per heavy atom. The van der Waals surface area contributed by atoms with E-state index in [0.717, 1.165) is 16.3 Å². The first-order valence-corrected chi connectivity index (χ1v) is 9.96. The number of rotatable bonds is 7. The number of urea groups is 1.